The number of benzene rings is 2. The summed E-state index contributed by atoms with van der Waals surface area (Å²) >= 11 is 0. The van der Waals surface area contributed by atoms with Gasteiger partial charge in [0.15, 0.2) is 0 Å². The maximum absolute atomic E-state index is 12.0. The molecule has 2 amide bonds. The average molecular weight is 296 g/mol. The van der Waals surface area contributed by atoms with Gasteiger partial charge in [0, 0.05) is 31.3 Å². The van der Waals surface area contributed by atoms with Crippen LogP contribution in [0.5, 0.6) is 0 Å². The zero-order valence-electron chi connectivity index (χ0n) is 12.9. The van der Waals surface area contributed by atoms with Crippen LogP contribution in [0.4, 0.5) is 5.69 Å². The Morgan fingerprint density at radius 3 is 2.23 bits per heavy atom. The number of carbonyl (C=O) groups is 2. The van der Waals surface area contributed by atoms with E-state index in [9.17, 15) is 9.59 Å². The number of rotatable bonds is 5. The largest absolute Gasteiger partial charge is 0.350 e. The molecule has 114 valence electrons. The molecular formula is C18H20N2O2. The Labute approximate surface area is 130 Å². The van der Waals surface area contributed by atoms with Gasteiger partial charge in [-0.1, -0.05) is 35.9 Å². The standard InChI is InChI=1S/C18H20N2O2/c1-14-8-10-17(11-9-14)20(15(2)21)13-12-19-18(22)16-6-4-3-5-7-16/h3-11H,12-13H2,1-2H3,(H,19,22). The van der Waals surface area contributed by atoms with Gasteiger partial charge in [-0.3, -0.25) is 9.59 Å². The molecule has 0 aromatic heterocycles. The molecule has 0 unspecified atom stereocenters. The number of amides is 2. The van der Waals surface area contributed by atoms with E-state index in [1.54, 1.807) is 17.0 Å². The van der Waals surface area contributed by atoms with Crippen molar-refractivity contribution in [2.75, 3.05) is 18.0 Å². The van der Waals surface area contributed by atoms with Crippen molar-refractivity contribution < 1.29 is 9.59 Å². The third-order valence-electron chi connectivity index (χ3n) is 3.38. The van der Waals surface area contributed by atoms with Crippen LogP contribution in [0, 0.1) is 6.92 Å². The molecular weight excluding hydrogens is 276 g/mol. The molecule has 2 aromatic rings. The highest BCUT2D eigenvalue weighted by Crippen LogP contribution is 2.14. The molecule has 22 heavy (non-hydrogen) atoms. The summed E-state index contributed by atoms with van der Waals surface area (Å²) in [6, 6.07) is 16.8. The maximum Gasteiger partial charge on any atom is 0.251 e. The van der Waals surface area contributed by atoms with Crippen LogP contribution in [-0.2, 0) is 4.79 Å². The summed E-state index contributed by atoms with van der Waals surface area (Å²) in [5, 5.41) is 2.83. The van der Waals surface area contributed by atoms with Gasteiger partial charge in [0.25, 0.3) is 5.91 Å². The van der Waals surface area contributed by atoms with Crippen molar-refractivity contribution in [3.63, 3.8) is 0 Å². The van der Waals surface area contributed by atoms with Crippen LogP contribution < -0.4 is 10.2 Å². The normalized spacial score (nSPS) is 10.1. The van der Waals surface area contributed by atoms with E-state index in [-0.39, 0.29) is 11.8 Å². The van der Waals surface area contributed by atoms with Crippen LogP contribution in [0.2, 0.25) is 0 Å². The molecule has 0 aliphatic heterocycles. The lowest BCUT2D eigenvalue weighted by Crippen LogP contribution is -2.37. The van der Waals surface area contributed by atoms with Crippen molar-refractivity contribution in [2.24, 2.45) is 0 Å². The number of nitrogens with one attached hydrogen (secondary N) is 1. The van der Waals surface area contributed by atoms with Crippen molar-refractivity contribution >= 4 is 17.5 Å². The third-order valence-corrected chi connectivity index (χ3v) is 3.38. The molecule has 0 radical (unpaired) electrons. The van der Waals surface area contributed by atoms with Crippen molar-refractivity contribution in [3.8, 4) is 0 Å². The number of hydrogen-bond acceptors (Lipinski definition) is 2. The molecule has 2 aromatic carbocycles. The molecule has 0 atom stereocenters. The van der Waals surface area contributed by atoms with Gasteiger partial charge in [0.05, 0.1) is 0 Å². The highest BCUT2D eigenvalue weighted by molar-refractivity contribution is 5.94. The fraction of sp³-hybridized carbons (Fsp3) is 0.222. The van der Waals surface area contributed by atoms with E-state index in [0.717, 1.165) is 11.3 Å². The maximum atomic E-state index is 12.0. The molecule has 4 nitrogen and oxygen atoms in total. The van der Waals surface area contributed by atoms with Crippen LogP contribution in [-0.4, -0.2) is 24.9 Å². The first-order valence-electron chi connectivity index (χ1n) is 7.26. The zero-order chi connectivity index (χ0) is 15.9. The predicted molar refractivity (Wildman–Crippen MR) is 88.0 cm³/mol. The van der Waals surface area contributed by atoms with Crippen LogP contribution in [0.25, 0.3) is 0 Å². The van der Waals surface area contributed by atoms with E-state index >= 15 is 0 Å². The number of aryl methyl sites for hydroxylation is 1. The second-order valence-electron chi connectivity index (χ2n) is 5.13. The molecule has 4 heteroatoms. The summed E-state index contributed by atoms with van der Waals surface area (Å²) in [6.07, 6.45) is 0. The van der Waals surface area contributed by atoms with E-state index in [1.807, 2.05) is 49.4 Å². The first-order valence-corrected chi connectivity index (χ1v) is 7.26. The second-order valence-corrected chi connectivity index (χ2v) is 5.13. The smallest absolute Gasteiger partial charge is 0.251 e. The Morgan fingerprint density at radius 1 is 1.00 bits per heavy atom. The minimum atomic E-state index is -0.131. The lowest BCUT2D eigenvalue weighted by Gasteiger charge is -2.21. The first-order chi connectivity index (χ1) is 10.6. The van der Waals surface area contributed by atoms with Crippen LogP contribution in [0.3, 0.4) is 0 Å². The molecule has 0 heterocycles. The molecule has 0 saturated heterocycles. The van der Waals surface area contributed by atoms with Crippen molar-refractivity contribution in [1.82, 2.24) is 5.32 Å². The highest BCUT2D eigenvalue weighted by Gasteiger charge is 2.11. The fourth-order valence-corrected chi connectivity index (χ4v) is 2.17. The molecule has 0 fully saturated rings. The highest BCUT2D eigenvalue weighted by atomic mass is 16.2. The van der Waals surface area contributed by atoms with Crippen molar-refractivity contribution in [1.29, 1.82) is 0 Å². The molecule has 1 N–H and O–H groups in total. The minimum absolute atomic E-state index is 0.0437. The van der Waals surface area contributed by atoms with E-state index in [2.05, 4.69) is 5.32 Å². The van der Waals surface area contributed by atoms with Gasteiger partial charge < -0.3 is 10.2 Å². The van der Waals surface area contributed by atoms with Gasteiger partial charge in [0.1, 0.15) is 0 Å². The monoisotopic (exact) mass is 296 g/mol. The molecule has 0 aliphatic rings. The average Bonchev–Trinajstić information content (AvgIpc) is 2.53. The summed E-state index contributed by atoms with van der Waals surface area (Å²) in [5.74, 6) is -0.175. The quantitative estimate of drug-likeness (QED) is 0.922. The minimum Gasteiger partial charge on any atom is -0.350 e. The number of carbonyl (C=O) groups excluding carboxylic acids is 2. The predicted octanol–water partition coefficient (Wildman–Crippen LogP) is 2.78. The van der Waals surface area contributed by atoms with Gasteiger partial charge in [-0.2, -0.15) is 0 Å². The summed E-state index contributed by atoms with van der Waals surface area (Å²) in [6.45, 7) is 4.37. The van der Waals surface area contributed by atoms with Crippen molar-refractivity contribution in [2.45, 2.75) is 13.8 Å². The SMILES string of the molecule is CC(=O)N(CCNC(=O)c1ccccc1)c1ccc(C)cc1. The summed E-state index contributed by atoms with van der Waals surface area (Å²) in [7, 11) is 0. The van der Waals surface area contributed by atoms with Gasteiger partial charge >= 0.3 is 0 Å². The molecule has 0 saturated carbocycles. The van der Waals surface area contributed by atoms with Crippen LogP contribution in [0.15, 0.2) is 54.6 Å². The van der Waals surface area contributed by atoms with Gasteiger partial charge in [0.2, 0.25) is 5.91 Å². The number of hydrogen-bond donors (Lipinski definition) is 1. The topological polar surface area (TPSA) is 49.4 Å². The fourth-order valence-electron chi connectivity index (χ4n) is 2.17. The molecule has 0 aliphatic carbocycles. The number of anilines is 1. The Morgan fingerprint density at radius 2 is 1.64 bits per heavy atom. The molecule has 2 rings (SSSR count). The van der Waals surface area contributed by atoms with Crippen molar-refractivity contribution in [3.05, 3.63) is 65.7 Å². The summed E-state index contributed by atoms with van der Waals surface area (Å²) < 4.78 is 0. The van der Waals surface area contributed by atoms with E-state index in [4.69, 9.17) is 0 Å². The van der Waals surface area contributed by atoms with E-state index in [0.29, 0.717) is 18.7 Å². The summed E-state index contributed by atoms with van der Waals surface area (Å²) in [5.41, 5.74) is 2.60. The Hall–Kier alpha value is -2.62. The van der Waals surface area contributed by atoms with E-state index in [1.165, 1.54) is 6.92 Å². The first kappa shape index (κ1) is 15.8. The Kier molecular flexibility index (Phi) is 5.31. The van der Waals surface area contributed by atoms with Gasteiger partial charge in [-0.15, -0.1) is 0 Å². The lowest BCUT2D eigenvalue weighted by molar-refractivity contribution is -0.116. The number of nitrogens with zero attached hydrogens (tertiary/aromatic N) is 1. The van der Waals surface area contributed by atoms with Crippen LogP contribution in [0.1, 0.15) is 22.8 Å². The third kappa shape index (κ3) is 4.19. The zero-order valence-corrected chi connectivity index (χ0v) is 12.9. The molecule has 0 spiro atoms. The Bertz CT molecular complexity index is 636. The van der Waals surface area contributed by atoms with Crippen LogP contribution >= 0.6 is 0 Å². The van der Waals surface area contributed by atoms with Gasteiger partial charge in [-0.25, -0.2) is 0 Å². The molecule has 0 bridgehead atoms. The van der Waals surface area contributed by atoms with Gasteiger partial charge in [-0.05, 0) is 31.2 Å². The second kappa shape index (κ2) is 7.41. The summed E-state index contributed by atoms with van der Waals surface area (Å²) in [4.78, 5) is 25.4. The van der Waals surface area contributed by atoms with E-state index < -0.39 is 0 Å². The Balaban J connectivity index is 1.94. The lowest BCUT2D eigenvalue weighted by atomic mass is 10.2.